The molecule has 5 heteroatoms. The summed E-state index contributed by atoms with van der Waals surface area (Å²) < 4.78 is 24.1. The molecular weight excluding hydrogens is 287 g/mol. The molecule has 0 saturated heterocycles. The maximum absolute atomic E-state index is 13.8. The molecule has 4 nitrogen and oxygen atoms in total. The monoisotopic (exact) mass is 302 g/mol. The molecule has 2 aromatic carbocycles. The fourth-order valence-electron chi connectivity index (χ4n) is 1.93. The van der Waals surface area contributed by atoms with Crippen LogP contribution in [0, 0.1) is 5.82 Å². The molecule has 0 unspecified atom stereocenters. The highest BCUT2D eigenvalue weighted by atomic mass is 19.1. The van der Waals surface area contributed by atoms with E-state index in [2.05, 4.69) is 0 Å². The van der Waals surface area contributed by atoms with Crippen molar-refractivity contribution in [2.24, 2.45) is 0 Å². The minimum Gasteiger partial charge on any atom is -0.496 e. The van der Waals surface area contributed by atoms with Crippen LogP contribution in [0.2, 0.25) is 0 Å². The van der Waals surface area contributed by atoms with E-state index in [0.717, 1.165) is 6.07 Å². The van der Waals surface area contributed by atoms with Crippen LogP contribution in [0.4, 0.5) is 4.39 Å². The Morgan fingerprint density at radius 1 is 1.09 bits per heavy atom. The summed E-state index contributed by atoms with van der Waals surface area (Å²) in [6, 6.07) is 10.6. The van der Waals surface area contributed by atoms with E-state index in [4.69, 9.17) is 9.47 Å². The predicted molar refractivity (Wildman–Crippen MR) is 79.2 cm³/mol. The van der Waals surface area contributed by atoms with Gasteiger partial charge < -0.3 is 9.47 Å². The Kier molecular flexibility index (Phi) is 4.88. The summed E-state index contributed by atoms with van der Waals surface area (Å²) in [5.41, 5.74) is 0.617. The Labute approximate surface area is 127 Å². The maximum Gasteiger partial charge on any atom is 0.203 e. The zero-order chi connectivity index (χ0) is 16.1. The second-order valence-electron chi connectivity index (χ2n) is 4.61. The van der Waals surface area contributed by atoms with E-state index >= 15 is 0 Å². The van der Waals surface area contributed by atoms with Crippen molar-refractivity contribution < 1.29 is 23.5 Å². The molecule has 0 spiro atoms. The highest BCUT2D eigenvalue weighted by molar-refractivity contribution is 5.99. The Morgan fingerprint density at radius 3 is 2.45 bits per heavy atom. The average molecular weight is 302 g/mol. The van der Waals surface area contributed by atoms with Gasteiger partial charge in [-0.2, -0.15) is 0 Å². The number of benzene rings is 2. The molecule has 0 fully saturated rings. The van der Waals surface area contributed by atoms with Crippen molar-refractivity contribution >= 4 is 11.6 Å². The SMILES string of the molecule is COc1ccccc1C(=O)COc1ccc(C(C)=O)cc1F. The molecule has 0 atom stereocenters. The van der Waals surface area contributed by atoms with Crippen molar-refractivity contribution in [1.29, 1.82) is 0 Å². The molecule has 22 heavy (non-hydrogen) atoms. The third kappa shape index (κ3) is 3.49. The van der Waals surface area contributed by atoms with E-state index in [1.165, 1.54) is 26.2 Å². The van der Waals surface area contributed by atoms with Crippen LogP contribution in [-0.2, 0) is 0 Å². The van der Waals surface area contributed by atoms with E-state index < -0.39 is 5.82 Å². The number of hydrogen-bond donors (Lipinski definition) is 0. The molecule has 2 aromatic rings. The number of para-hydroxylation sites is 1. The van der Waals surface area contributed by atoms with Crippen molar-refractivity contribution in [3.63, 3.8) is 0 Å². The average Bonchev–Trinajstić information content (AvgIpc) is 2.53. The number of rotatable bonds is 6. The second kappa shape index (κ2) is 6.85. The first-order valence-corrected chi connectivity index (χ1v) is 6.62. The minimum absolute atomic E-state index is 0.0757. The second-order valence-corrected chi connectivity index (χ2v) is 4.61. The molecule has 0 aliphatic heterocycles. The normalized spacial score (nSPS) is 10.1. The highest BCUT2D eigenvalue weighted by Crippen LogP contribution is 2.21. The van der Waals surface area contributed by atoms with E-state index in [0.29, 0.717) is 11.3 Å². The summed E-state index contributed by atoms with van der Waals surface area (Å²) >= 11 is 0. The fraction of sp³-hybridized carbons (Fsp3) is 0.176. The minimum atomic E-state index is -0.680. The van der Waals surface area contributed by atoms with Crippen molar-refractivity contribution in [2.45, 2.75) is 6.92 Å². The van der Waals surface area contributed by atoms with Crippen molar-refractivity contribution in [1.82, 2.24) is 0 Å². The smallest absolute Gasteiger partial charge is 0.203 e. The lowest BCUT2D eigenvalue weighted by Crippen LogP contribution is -2.13. The highest BCUT2D eigenvalue weighted by Gasteiger charge is 2.14. The molecule has 2 rings (SSSR count). The number of ketones is 2. The lowest BCUT2D eigenvalue weighted by Gasteiger charge is -2.09. The van der Waals surface area contributed by atoms with Crippen molar-refractivity contribution in [3.8, 4) is 11.5 Å². The summed E-state index contributed by atoms with van der Waals surface area (Å²) in [4.78, 5) is 23.3. The van der Waals surface area contributed by atoms with Gasteiger partial charge in [-0.1, -0.05) is 12.1 Å². The van der Waals surface area contributed by atoms with Gasteiger partial charge in [0, 0.05) is 5.56 Å². The zero-order valence-corrected chi connectivity index (χ0v) is 12.3. The molecule has 0 heterocycles. The predicted octanol–water partition coefficient (Wildman–Crippen LogP) is 3.30. The molecule has 0 amide bonds. The first kappa shape index (κ1) is 15.7. The molecule has 0 aliphatic rings. The number of methoxy groups -OCH3 is 1. The van der Waals surface area contributed by atoms with E-state index in [1.54, 1.807) is 24.3 Å². The quantitative estimate of drug-likeness (QED) is 0.768. The summed E-state index contributed by atoms with van der Waals surface area (Å²) in [6.45, 7) is 1.03. The summed E-state index contributed by atoms with van der Waals surface area (Å²) in [5.74, 6) is -0.889. The molecule has 0 aromatic heterocycles. The standard InChI is InChI=1S/C17H15FO4/c1-11(19)12-7-8-17(14(18)9-12)22-10-15(20)13-5-3-4-6-16(13)21-2/h3-9H,10H2,1-2H3. The summed E-state index contributed by atoms with van der Waals surface area (Å²) in [7, 11) is 1.47. The van der Waals surface area contributed by atoms with Gasteiger partial charge in [0.05, 0.1) is 12.7 Å². The molecule has 0 aliphatic carbocycles. The van der Waals surface area contributed by atoms with Crippen molar-refractivity contribution in [3.05, 3.63) is 59.4 Å². The molecular formula is C17H15FO4. The van der Waals surface area contributed by atoms with Crippen LogP contribution < -0.4 is 9.47 Å². The van der Waals surface area contributed by atoms with Crippen LogP contribution in [0.5, 0.6) is 11.5 Å². The van der Waals surface area contributed by atoms with Crippen LogP contribution in [-0.4, -0.2) is 25.3 Å². The van der Waals surface area contributed by atoms with Gasteiger partial charge in [-0.25, -0.2) is 4.39 Å². The Morgan fingerprint density at radius 2 is 1.82 bits per heavy atom. The largest absolute Gasteiger partial charge is 0.496 e. The van der Waals surface area contributed by atoms with Gasteiger partial charge in [-0.3, -0.25) is 9.59 Å². The number of halogens is 1. The third-order valence-electron chi connectivity index (χ3n) is 3.10. The summed E-state index contributed by atoms with van der Waals surface area (Å²) in [6.07, 6.45) is 0. The van der Waals surface area contributed by atoms with E-state index in [1.807, 2.05) is 0 Å². The van der Waals surface area contributed by atoms with E-state index in [9.17, 15) is 14.0 Å². The molecule has 0 saturated carbocycles. The third-order valence-corrected chi connectivity index (χ3v) is 3.10. The first-order valence-electron chi connectivity index (χ1n) is 6.62. The van der Waals surface area contributed by atoms with Gasteiger partial charge in [0.25, 0.3) is 0 Å². The lowest BCUT2D eigenvalue weighted by atomic mass is 10.1. The number of Topliss-reactive ketones (excluding diaryl/α,β-unsaturated/α-hetero) is 2. The molecule has 0 radical (unpaired) electrons. The topological polar surface area (TPSA) is 52.6 Å². The fourth-order valence-corrected chi connectivity index (χ4v) is 1.93. The zero-order valence-electron chi connectivity index (χ0n) is 12.3. The van der Waals surface area contributed by atoms with Gasteiger partial charge in [-0.05, 0) is 37.3 Å². The number of hydrogen-bond acceptors (Lipinski definition) is 4. The van der Waals surface area contributed by atoms with E-state index in [-0.39, 0.29) is 29.5 Å². The summed E-state index contributed by atoms with van der Waals surface area (Å²) in [5, 5.41) is 0. The van der Waals surface area contributed by atoms with Crippen LogP contribution >= 0.6 is 0 Å². The lowest BCUT2D eigenvalue weighted by molar-refractivity contribution is 0.0914. The van der Waals surface area contributed by atoms with Gasteiger partial charge >= 0.3 is 0 Å². The first-order chi connectivity index (χ1) is 10.5. The Balaban J connectivity index is 2.10. The molecule has 0 N–H and O–H groups in total. The Hall–Kier alpha value is -2.69. The number of carbonyl (C=O) groups excluding carboxylic acids is 2. The molecule has 114 valence electrons. The van der Waals surface area contributed by atoms with Crippen LogP contribution in [0.15, 0.2) is 42.5 Å². The Bertz CT molecular complexity index is 710. The van der Waals surface area contributed by atoms with Gasteiger partial charge in [0.15, 0.2) is 24.0 Å². The van der Waals surface area contributed by atoms with Gasteiger partial charge in [0.2, 0.25) is 5.78 Å². The van der Waals surface area contributed by atoms with Crippen LogP contribution in [0.3, 0.4) is 0 Å². The van der Waals surface area contributed by atoms with Gasteiger partial charge in [-0.15, -0.1) is 0 Å². The van der Waals surface area contributed by atoms with Crippen LogP contribution in [0.1, 0.15) is 27.6 Å². The number of ether oxygens (including phenoxy) is 2. The number of carbonyl (C=O) groups is 2. The van der Waals surface area contributed by atoms with Crippen LogP contribution in [0.25, 0.3) is 0 Å². The van der Waals surface area contributed by atoms with Gasteiger partial charge in [0.1, 0.15) is 5.75 Å². The maximum atomic E-state index is 13.8. The molecule has 0 bridgehead atoms. The van der Waals surface area contributed by atoms with Crippen molar-refractivity contribution in [2.75, 3.05) is 13.7 Å².